The van der Waals surface area contributed by atoms with Crippen LogP contribution < -0.4 is 5.32 Å². The van der Waals surface area contributed by atoms with Crippen molar-refractivity contribution in [1.82, 2.24) is 20.1 Å². The van der Waals surface area contributed by atoms with Gasteiger partial charge >= 0.3 is 0 Å². The first kappa shape index (κ1) is 15.8. The molecule has 1 amide bonds. The second-order valence-electron chi connectivity index (χ2n) is 4.55. The fourth-order valence-electron chi connectivity index (χ4n) is 2.04. The second-order valence-corrected chi connectivity index (χ2v) is 5.82. The Morgan fingerprint density at radius 2 is 2.29 bits per heavy atom. The smallest absolute Gasteiger partial charge is 0.251 e. The fourth-order valence-corrected chi connectivity index (χ4v) is 2.76. The molecule has 0 aliphatic carbocycles. The number of aryl methyl sites for hydroxylation is 1. The summed E-state index contributed by atoms with van der Waals surface area (Å²) >= 11 is 6.75. The summed E-state index contributed by atoms with van der Waals surface area (Å²) in [6.45, 7) is 4.99. The van der Waals surface area contributed by atoms with Crippen molar-refractivity contribution in [2.24, 2.45) is 0 Å². The van der Waals surface area contributed by atoms with Gasteiger partial charge in [-0.05, 0) is 50.0 Å². The first-order chi connectivity index (χ1) is 10.1. The highest BCUT2D eigenvalue weighted by Crippen LogP contribution is 2.19. The summed E-state index contributed by atoms with van der Waals surface area (Å²) in [5.74, 6) is 0.634. The summed E-state index contributed by atoms with van der Waals surface area (Å²) in [5, 5.41) is 9.78. The molecule has 112 valence electrons. The van der Waals surface area contributed by atoms with Gasteiger partial charge in [0.25, 0.3) is 5.91 Å². The van der Waals surface area contributed by atoms with E-state index in [-0.39, 0.29) is 5.91 Å². The molecule has 1 aromatic carbocycles. The minimum atomic E-state index is -0.0972. The Labute approximate surface area is 133 Å². The number of carbonyl (C=O) groups excluding carboxylic acids is 1. The monoisotopic (exact) mass is 322 g/mol. The van der Waals surface area contributed by atoms with Crippen LogP contribution >= 0.6 is 24.0 Å². The Balaban J connectivity index is 2.13. The molecule has 0 spiro atoms. The molecule has 0 fully saturated rings. The molecule has 0 atom stereocenters. The SMILES string of the molecule is CCn1c(CNC(=O)c2cc(SC)ccc2C)n[nH]c1=S. The van der Waals surface area contributed by atoms with Crippen molar-refractivity contribution in [3.63, 3.8) is 0 Å². The lowest BCUT2D eigenvalue weighted by Crippen LogP contribution is -2.25. The van der Waals surface area contributed by atoms with E-state index in [4.69, 9.17) is 12.2 Å². The van der Waals surface area contributed by atoms with Gasteiger partial charge < -0.3 is 9.88 Å². The summed E-state index contributed by atoms with van der Waals surface area (Å²) in [5.41, 5.74) is 1.65. The minimum absolute atomic E-state index is 0.0972. The van der Waals surface area contributed by atoms with Crippen LogP contribution in [0.1, 0.15) is 28.7 Å². The lowest BCUT2D eigenvalue weighted by Gasteiger charge is -2.09. The molecule has 2 rings (SSSR count). The summed E-state index contributed by atoms with van der Waals surface area (Å²) in [6, 6.07) is 5.88. The lowest BCUT2D eigenvalue weighted by molar-refractivity contribution is 0.0948. The molecule has 0 bridgehead atoms. The van der Waals surface area contributed by atoms with E-state index in [1.54, 1.807) is 11.8 Å². The van der Waals surface area contributed by atoms with Gasteiger partial charge in [-0.3, -0.25) is 9.89 Å². The van der Waals surface area contributed by atoms with Crippen LogP contribution in [-0.4, -0.2) is 26.9 Å². The number of aromatic amines is 1. The summed E-state index contributed by atoms with van der Waals surface area (Å²) in [6.07, 6.45) is 1.99. The zero-order chi connectivity index (χ0) is 15.4. The zero-order valence-corrected chi connectivity index (χ0v) is 13.9. The maximum atomic E-state index is 12.3. The van der Waals surface area contributed by atoms with Gasteiger partial charge in [0.2, 0.25) is 0 Å². The predicted octanol–water partition coefficient (Wildman–Crippen LogP) is 2.92. The topological polar surface area (TPSA) is 62.7 Å². The maximum absolute atomic E-state index is 12.3. The van der Waals surface area contributed by atoms with E-state index in [1.807, 2.05) is 42.9 Å². The third-order valence-corrected chi connectivity index (χ3v) is 4.29. The van der Waals surface area contributed by atoms with Gasteiger partial charge in [-0.15, -0.1) is 11.8 Å². The molecule has 0 saturated heterocycles. The molecular weight excluding hydrogens is 304 g/mol. The van der Waals surface area contributed by atoms with Crippen molar-refractivity contribution in [3.8, 4) is 0 Å². The van der Waals surface area contributed by atoms with Gasteiger partial charge in [-0.25, -0.2) is 0 Å². The Morgan fingerprint density at radius 3 is 2.95 bits per heavy atom. The van der Waals surface area contributed by atoms with E-state index < -0.39 is 0 Å². The zero-order valence-electron chi connectivity index (χ0n) is 12.3. The number of benzene rings is 1. The third-order valence-electron chi connectivity index (χ3n) is 3.25. The Bertz CT molecular complexity index is 705. The van der Waals surface area contributed by atoms with Crippen LogP contribution in [0.25, 0.3) is 0 Å². The molecule has 1 heterocycles. The van der Waals surface area contributed by atoms with Crippen LogP contribution in [0.15, 0.2) is 23.1 Å². The Kier molecular flexibility index (Phi) is 5.19. The van der Waals surface area contributed by atoms with Gasteiger partial charge in [-0.1, -0.05) is 6.07 Å². The number of nitrogens with one attached hydrogen (secondary N) is 2. The molecule has 0 aliphatic rings. The molecule has 0 aliphatic heterocycles. The second kappa shape index (κ2) is 6.91. The van der Waals surface area contributed by atoms with Crippen molar-refractivity contribution < 1.29 is 4.79 Å². The van der Waals surface area contributed by atoms with Crippen molar-refractivity contribution in [2.45, 2.75) is 31.8 Å². The molecule has 0 saturated carbocycles. The van der Waals surface area contributed by atoms with Gasteiger partial charge in [0.05, 0.1) is 6.54 Å². The van der Waals surface area contributed by atoms with Crippen LogP contribution in [-0.2, 0) is 13.1 Å². The number of amides is 1. The summed E-state index contributed by atoms with van der Waals surface area (Å²) in [4.78, 5) is 13.4. The van der Waals surface area contributed by atoms with E-state index >= 15 is 0 Å². The number of hydrogen-bond donors (Lipinski definition) is 2. The van der Waals surface area contributed by atoms with Crippen LogP contribution in [0.4, 0.5) is 0 Å². The van der Waals surface area contributed by atoms with E-state index in [0.29, 0.717) is 16.9 Å². The maximum Gasteiger partial charge on any atom is 0.251 e. The van der Waals surface area contributed by atoms with Gasteiger partial charge in [0.1, 0.15) is 0 Å². The van der Waals surface area contributed by atoms with E-state index in [1.165, 1.54) is 0 Å². The summed E-state index contributed by atoms with van der Waals surface area (Å²) < 4.78 is 2.43. The first-order valence-corrected chi connectivity index (χ1v) is 8.27. The normalized spacial score (nSPS) is 10.6. The highest BCUT2D eigenvalue weighted by atomic mass is 32.2. The molecule has 0 radical (unpaired) electrons. The Hall–Kier alpha value is -1.60. The van der Waals surface area contributed by atoms with Crippen molar-refractivity contribution in [1.29, 1.82) is 0 Å². The molecule has 21 heavy (non-hydrogen) atoms. The third kappa shape index (κ3) is 3.54. The predicted molar refractivity (Wildman–Crippen MR) is 87.2 cm³/mol. The van der Waals surface area contributed by atoms with Crippen molar-refractivity contribution in [2.75, 3.05) is 6.26 Å². The van der Waals surface area contributed by atoms with Crippen molar-refractivity contribution in [3.05, 3.63) is 39.9 Å². The highest BCUT2D eigenvalue weighted by Gasteiger charge is 2.11. The number of rotatable bonds is 5. The number of nitrogens with zero attached hydrogens (tertiary/aromatic N) is 2. The average Bonchev–Trinajstić information content (AvgIpc) is 2.85. The number of H-pyrrole nitrogens is 1. The molecule has 2 N–H and O–H groups in total. The first-order valence-electron chi connectivity index (χ1n) is 6.63. The molecule has 5 nitrogen and oxygen atoms in total. The number of hydrogen-bond acceptors (Lipinski definition) is 4. The number of aromatic nitrogens is 3. The summed E-state index contributed by atoms with van der Waals surface area (Å²) in [7, 11) is 0. The molecule has 1 aromatic heterocycles. The molecule has 2 aromatic rings. The molecule has 7 heteroatoms. The highest BCUT2D eigenvalue weighted by molar-refractivity contribution is 7.98. The van der Waals surface area contributed by atoms with Gasteiger partial charge in [0.15, 0.2) is 10.6 Å². The van der Waals surface area contributed by atoms with Crippen LogP contribution in [0.2, 0.25) is 0 Å². The van der Waals surface area contributed by atoms with Crippen LogP contribution in [0, 0.1) is 11.7 Å². The van der Waals surface area contributed by atoms with E-state index in [2.05, 4.69) is 15.5 Å². The van der Waals surface area contributed by atoms with Crippen LogP contribution in [0.5, 0.6) is 0 Å². The average molecular weight is 322 g/mol. The molecule has 0 unspecified atom stereocenters. The fraction of sp³-hybridized carbons (Fsp3) is 0.357. The number of thioether (sulfide) groups is 1. The Morgan fingerprint density at radius 1 is 1.52 bits per heavy atom. The largest absolute Gasteiger partial charge is 0.345 e. The van der Waals surface area contributed by atoms with Gasteiger partial charge in [-0.2, -0.15) is 5.10 Å². The standard InChI is InChI=1S/C14H18N4OS2/c1-4-18-12(16-17-14(18)20)8-15-13(19)11-7-10(21-3)6-5-9(11)2/h5-7H,4,8H2,1-3H3,(H,15,19)(H,17,20). The van der Waals surface area contributed by atoms with E-state index in [9.17, 15) is 4.79 Å². The minimum Gasteiger partial charge on any atom is -0.345 e. The van der Waals surface area contributed by atoms with E-state index in [0.717, 1.165) is 22.8 Å². The molecular formula is C14H18N4OS2. The van der Waals surface area contributed by atoms with Gasteiger partial charge in [0, 0.05) is 17.0 Å². The van der Waals surface area contributed by atoms with Crippen molar-refractivity contribution >= 4 is 29.9 Å². The van der Waals surface area contributed by atoms with Crippen LogP contribution in [0.3, 0.4) is 0 Å². The quantitative estimate of drug-likeness (QED) is 0.656. The lowest BCUT2D eigenvalue weighted by atomic mass is 10.1. The number of carbonyl (C=O) groups is 1.